The number of aryl methyl sites for hydroxylation is 2. The zero-order valence-electron chi connectivity index (χ0n) is 23.7. The van der Waals surface area contributed by atoms with E-state index in [2.05, 4.69) is 44.9 Å². The maximum atomic E-state index is 13.4. The number of hydroxylamine groups is 1. The van der Waals surface area contributed by atoms with Crippen molar-refractivity contribution in [1.82, 2.24) is 24.9 Å². The molecule has 0 radical (unpaired) electrons. The van der Waals surface area contributed by atoms with Crippen molar-refractivity contribution in [3.8, 4) is 5.69 Å². The van der Waals surface area contributed by atoms with Gasteiger partial charge < -0.3 is 14.8 Å². The molecule has 41 heavy (non-hydrogen) atoms. The average molecular weight is 553 g/mol. The molecule has 0 bridgehead atoms. The van der Waals surface area contributed by atoms with Crippen molar-refractivity contribution in [2.75, 3.05) is 25.0 Å². The maximum Gasteiger partial charge on any atom is 0.280 e. The number of carbonyl (C=O) groups is 1. The normalized spacial score (nSPS) is 15.0. The van der Waals surface area contributed by atoms with Crippen LogP contribution in [0, 0.1) is 0 Å². The third kappa shape index (κ3) is 6.01. The highest BCUT2D eigenvalue weighted by Crippen LogP contribution is 2.26. The van der Waals surface area contributed by atoms with E-state index in [1.165, 1.54) is 48.8 Å². The van der Waals surface area contributed by atoms with Gasteiger partial charge in [-0.3, -0.25) is 14.4 Å². The van der Waals surface area contributed by atoms with Gasteiger partial charge in [-0.1, -0.05) is 18.2 Å². The minimum atomic E-state index is -0.604. The summed E-state index contributed by atoms with van der Waals surface area (Å²) in [5.41, 5.74) is 7.94. The lowest BCUT2D eigenvalue weighted by Crippen LogP contribution is -2.32. The molecule has 1 saturated heterocycles. The van der Waals surface area contributed by atoms with Crippen LogP contribution in [0.4, 0.5) is 11.6 Å². The van der Waals surface area contributed by atoms with Crippen molar-refractivity contribution in [3.63, 3.8) is 0 Å². The Hall–Kier alpha value is -4.08. The van der Waals surface area contributed by atoms with Gasteiger partial charge in [0.05, 0.1) is 11.5 Å². The van der Waals surface area contributed by atoms with Crippen LogP contribution in [0.3, 0.4) is 0 Å². The molecule has 1 amide bonds. The minimum Gasteiger partial charge on any atom is -0.324 e. The van der Waals surface area contributed by atoms with E-state index in [9.17, 15) is 9.59 Å². The number of likely N-dealkylation sites (tertiary alicyclic amines) is 1. The molecule has 9 heteroatoms. The summed E-state index contributed by atoms with van der Waals surface area (Å²) >= 11 is 0. The summed E-state index contributed by atoms with van der Waals surface area (Å²) in [7, 11) is 0. The molecule has 9 nitrogen and oxygen atoms in total. The highest BCUT2D eigenvalue weighted by Gasteiger charge is 2.20. The van der Waals surface area contributed by atoms with E-state index in [0.29, 0.717) is 11.6 Å². The van der Waals surface area contributed by atoms with E-state index in [4.69, 9.17) is 9.82 Å². The Bertz CT molecular complexity index is 1620. The molecule has 212 valence electrons. The molecule has 0 saturated carbocycles. The van der Waals surface area contributed by atoms with E-state index in [1.807, 2.05) is 18.2 Å². The lowest BCUT2D eigenvalue weighted by atomic mass is 10.1. The first-order valence-electron chi connectivity index (χ1n) is 14.5. The Balaban J connectivity index is 1.32. The Kier molecular flexibility index (Phi) is 7.80. The number of anilines is 2. The topological polar surface area (TPSA) is 101 Å². The smallest absolute Gasteiger partial charge is 0.280 e. The van der Waals surface area contributed by atoms with Crippen molar-refractivity contribution < 1.29 is 9.63 Å². The van der Waals surface area contributed by atoms with Crippen LogP contribution in [0.2, 0.25) is 0 Å². The van der Waals surface area contributed by atoms with Crippen LogP contribution < -0.4 is 16.2 Å². The van der Waals surface area contributed by atoms with Gasteiger partial charge in [-0.05, 0) is 106 Å². The molecule has 2 aromatic heterocycles. The molecule has 3 heterocycles. The van der Waals surface area contributed by atoms with Crippen LogP contribution in [0.25, 0.3) is 16.7 Å². The van der Waals surface area contributed by atoms with Crippen LogP contribution in [0.1, 0.15) is 60.2 Å². The van der Waals surface area contributed by atoms with E-state index in [1.54, 1.807) is 24.6 Å². The van der Waals surface area contributed by atoms with Crippen molar-refractivity contribution in [2.24, 2.45) is 0 Å². The van der Waals surface area contributed by atoms with Crippen molar-refractivity contribution in [3.05, 3.63) is 87.3 Å². The first kappa shape index (κ1) is 27.1. The summed E-state index contributed by atoms with van der Waals surface area (Å²) in [6.07, 6.45) is 9.63. The largest absolute Gasteiger partial charge is 0.324 e. The predicted octanol–water partition coefficient (Wildman–Crippen LogP) is 4.72. The zero-order valence-corrected chi connectivity index (χ0v) is 23.7. The van der Waals surface area contributed by atoms with Gasteiger partial charge in [-0.25, -0.2) is 10.5 Å². The van der Waals surface area contributed by atoms with Gasteiger partial charge in [0, 0.05) is 30.3 Å². The van der Waals surface area contributed by atoms with Crippen molar-refractivity contribution in [2.45, 2.75) is 58.5 Å². The Morgan fingerprint density at radius 3 is 2.59 bits per heavy atom. The molecule has 2 aliphatic rings. The number of benzene rings is 2. The van der Waals surface area contributed by atoms with Gasteiger partial charge in [0.25, 0.3) is 5.91 Å². The summed E-state index contributed by atoms with van der Waals surface area (Å²) in [5.74, 6) is -0.232. The van der Waals surface area contributed by atoms with Crippen molar-refractivity contribution >= 4 is 28.6 Å². The molecule has 0 unspecified atom stereocenters. The number of hydrogen-bond acceptors (Lipinski definition) is 7. The number of nitrogens with one attached hydrogen (secondary N) is 2. The zero-order chi connectivity index (χ0) is 28.3. The predicted molar refractivity (Wildman–Crippen MR) is 160 cm³/mol. The second-order valence-electron chi connectivity index (χ2n) is 11.2. The van der Waals surface area contributed by atoms with Gasteiger partial charge in [0.15, 0.2) is 5.65 Å². The summed E-state index contributed by atoms with van der Waals surface area (Å²) in [6.45, 7) is 7.09. The molecule has 1 fully saturated rings. The van der Waals surface area contributed by atoms with Gasteiger partial charge >= 0.3 is 0 Å². The molecule has 6 rings (SSSR count). The number of hydrogen-bond donors (Lipinski definition) is 2. The molecule has 0 atom stereocenters. The van der Waals surface area contributed by atoms with Crippen molar-refractivity contribution in [1.29, 1.82) is 0 Å². The number of rotatable bonds is 9. The van der Waals surface area contributed by atoms with E-state index < -0.39 is 11.3 Å². The fourth-order valence-corrected chi connectivity index (χ4v) is 5.64. The number of nitrogens with zero attached hydrogens (tertiary/aromatic N) is 4. The second kappa shape index (κ2) is 11.8. The molecule has 4 aromatic rings. The average Bonchev–Trinajstić information content (AvgIpc) is 3.68. The van der Waals surface area contributed by atoms with Crippen LogP contribution in [0.15, 0.2) is 59.7 Å². The summed E-state index contributed by atoms with van der Waals surface area (Å²) in [5, 5.41) is 3.54. The molecular formula is C32H36N6O3. The fraction of sp³-hybridized carbons (Fsp3) is 0.375. The van der Waals surface area contributed by atoms with Crippen LogP contribution >= 0.6 is 0 Å². The third-order valence-electron chi connectivity index (χ3n) is 7.86. The molecule has 0 spiro atoms. The lowest BCUT2D eigenvalue weighted by molar-refractivity contribution is 0.0000943. The van der Waals surface area contributed by atoms with E-state index in [-0.39, 0.29) is 17.1 Å². The Morgan fingerprint density at radius 1 is 1.02 bits per heavy atom. The number of fused-ring (bicyclic) bond motifs is 2. The molecule has 2 N–H and O–H groups in total. The number of amides is 1. The quantitative estimate of drug-likeness (QED) is 0.290. The maximum absolute atomic E-state index is 13.4. The Morgan fingerprint density at radius 2 is 1.80 bits per heavy atom. The first-order valence-corrected chi connectivity index (χ1v) is 14.5. The first-order chi connectivity index (χ1) is 19.9. The van der Waals surface area contributed by atoms with Gasteiger partial charge in [-0.15, -0.1) is 0 Å². The van der Waals surface area contributed by atoms with Gasteiger partial charge in [-0.2, -0.15) is 4.98 Å². The van der Waals surface area contributed by atoms with Crippen LogP contribution in [-0.4, -0.2) is 51.1 Å². The standard InChI is InChI=1S/C32H36N6O3/c1-21(2)41-36-31(40)28-20-38(26-13-10-23-6-5-7-24(23)18-26)30-27(29(28)39)19-33-32(35-30)34-25-11-8-22(9-12-25)14-17-37-15-3-4-16-37/h8-13,18-21H,3-7,14-17H2,1-2H3,(H,36,40)(H,33,34,35). The summed E-state index contributed by atoms with van der Waals surface area (Å²) in [4.78, 5) is 43.3. The van der Waals surface area contributed by atoms with E-state index in [0.717, 1.165) is 43.6 Å². The van der Waals surface area contributed by atoms with Gasteiger partial charge in [0.1, 0.15) is 5.56 Å². The highest BCUT2D eigenvalue weighted by molar-refractivity contribution is 5.96. The number of aromatic nitrogens is 3. The highest BCUT2D eigenvalue weighted by atomic mass is 16.7. The van der Waals surface area contributed by atoms with E-state index >= 15 is 0 Å². The van der Waals surface area contributed by atoms with Crippen LogP contribution in [0.5, 0.6) is 0 Å². The monoisotopic (exact) mass is 552 g/mol. The molecule has 1 aliphatic carbocycles. The lowest BCUT2D eigenvalue weighted by Gasteiger charge is -2.16. The Labute approximate surface area is 239 Å². The molecular weight excluding hydrogens is 516 g/mol. The SMILES string of the molecule is CC(C)ONC(=O)c1cn(-c2ccc3c(c2)CCC3)c2nc(Nc3ccc(CCN4CCCC4)cc3)ncc2c1=O. The van der Waals surface area contributed by atoms with Crippen LogP contribution in [-0.2, 0) is 24.1 Å². The molecule has 1 aliphatic heterocycles. The fourth-order valence-electron chi connectivity index (χ4n) is 5.64. The second-order valence-corrected chi connectivity index (χ2v) is 11.2. The number of pyridine rings is 1. The summed E-state index contributed by atoms with van der Waals surface area (Å²) in [6, 6.07) is 14.6. The third-order valence-corrected chi connectivity index (χ3v) is 7.86. The molecule has 2 aromatic carbocycles. The summed E-state index contributed by atoms with van der Waals surface area (Å²) < 4.78 is 1.80. The van der Waals surface area contributed by atoms with Gasteiger partial charge in [0.2, 0.25) is 11.4 Å². The minimum absolute atomic E-state index is 0.0347. The number of carbonyl (C=O) groups excluding carboxylic acids is 1.